The highest BCUT2D eigenvalue weighted by molar-refractivity contribution is 6.67. The molecular formula is C19H13Cl6NO. The number of hydrogen-bond donors (Lipinski definition) is 1. The number of fused-ring (bicyclic) bond motifs is 1. The summed E-state index contributed by atoms with van der Waals surface area (Å²) < 4.78 is 1.92. The molecule has 0 fully saturated rings. The predicted octanol–water partition coefficient (Wildman–Crippen LogP) is 8.00. The maximum absolute atomic E-state index is 6.16. The second-order valence-corrected chi connectivity index (χ2v) is 10.4. The highest BCUT2D eigenvalue weighted by atomic mass is 35.6. The lowest BCUT2D eigenvalue weighted by Gasteiger charge is -2.13. The summed E-state index contributed by atoms with van der Waals surface area (Å²) in [6.45, 7) is 0. The van der Waals surface area contributed by atoms with Gasteiger partial charge in [0.15, 0.2) is 0 Å². The first kappa shape index (κ1) is 21.0. The summed E-state index contributed by atoms with van der Waals surface area (Å²) in [4.78, 5) is 3.08. The molecule has 0 aliphatic rings. The molecule has 3 rings (SSSR count). The minimum Gasteiger partial charge on any atom is -0.497 e. The number of H-pyrrole nitrogens is 1. The molecule has 2 aromatic carbocycles. The van der Waals surface area contributed by atoms with Gasteiger partial charge < -0.3 is 9.72 Å². The van der Waals surface area contributed by atoms with Gasteiger partial charge in [-0.05, 0) is 41.5 Å². The van der Waals surface area contributed by atoms with E-state index in [1.54, 1.807) is 19.2 Å². The van der Waals surface area contributed by atoms with Crippen molar-refractivity contribution in [2.45, 2.75) is 7.59 Å². The normalized spacial score (nSPS) is 12.9. The van der Waals surface area contributed by atoms with Gasteiger partial charge in [-0.2, -0.15) is 0 Å². The molecule has 0 aliphatic heterocycles. The predicted molar refractivity (Wildman–Crippen MR) is 119 cm³/mol. The zero-order chi connectivity index (χ0) is 19.8. The number of aromatic amines is 1. The van der Waals surface area contributed by atoms with Crippen molar-refractivity contribution in [3.8, 4) is 5.75 Å². The average Bonchev–Trinajstić information content (AvgIpc) is 3.03. The number of halogens is 6. The Kier molecular flexibility index (Phi) is 6.17. The van der Waals surface area contributed by atoms with Gasteiger partial charge in [-0.25, -0.2) is 0 Å². The summed E-state index contributed by atoms with van der Waals surface area (Å²) >= 11 is 36.4. The third-order valence-electron chi connectivity index (χ3n) is 3.96. The molecule has 1 N–H and O–H groups in total. The van der Waals surface area contributed by atoms with Gasteiger partial charge in [0.1, 0.15) is 5.75 Å². The van der Waals surface area contributed by atoms with Crippen LogP contribution in [0.2, 0.25) is 0 Å². The van der Waals surface area contributed by atoms with Crippen LogP contribution in [-0.2, 0) is 7.59 Å². The monoisotopic (exact) mass is 481 g/mol. The number of benzene rings is 2. The summed E-state index contributed by atoms with van der Waals surface area (Å²) in [6.07, 6.45) is 3.86. The zero-order valence-electron chi connectivity index (χ0n) is 13.9. The van der Waals surface area contributed by atoms with Crippen molar-refractivity contribution >= 4 is 92.7 Å². The van der Waals surface area contributed by atoms with Crippen LogP contribution in [0, 0.1) is 0 Å². The molecule has 0 saturated heterocycles. The molecule has 0 bridgehead atoms. The molecule has 0 unspecified atom stereocenters. The first-order chi connectivity index (χ1) is 12.6. The van der Waals surface area contributed by atoms with E-state index in [4.69, 9.17) is 74.3 Å². The van der Waals surface area contributed by atoms with Crippen molar-refractivity contribution in [2.24, 2.45) is 0 Å². The number of hydrogen-bond acceptors (Lipinski definition) is 1. The molecule has 3 aromatic rings. The standard InChI is InChI=1S/C19H13Cl6NO/c1-27-13-6-4-11(5-7-13)2-3-12-8-15(18(20,21)22)14-10-17(19(23,24)25)26-16(14)9-12/h2-10,26H,1H3. The maximum Gasteiger partial charge on any atom is 0.230 e. The van der Waals surface area contributed by atoms with Gasteiger partial charge >= 0.3 is 0 Å². The van der Waals surface area contributed by atoms with Crippen molar-refractivity contribution < 1.29 is 4.74 Å². The fourth-order valence-electron chi connectivity index (χ4n) is 2.65. The molecule has 142 valence electrons. The first-order valence-electron chi connectivity index (χ1n) is 7.71. The number of nitrogens with one attached hydrogen (secondary N) is 1. The summed E-state index contributed by atoms with van der Waals surface area (Å²) in [5, 5.41) is 0.679. The minimum atomic E-state index is -1.63. The lowest BCUT2D eigenvalue weighted by Crippen LogP contribution is -2.01. The minimum absolute atomic E-state index is 0.397. The van der Waals surface area contributed by atoms with Crippen molar-refractivity contribution in [1.29, 1.82) is 0 Å². The summed E-state index contributed by atoms with van der Waals surface area (Å²) in [5.41, 5.74) is 3.43. The van der Waals surface area contributed by atoms with E-state index in [0.717, 1.165) is 16.9 Å². The molecule has 0 saturated carbocycles. The van der Waals surface area contributed by atoms with Crippen LogP contribution in [0.1, 0.15) is 22.4 Å². The van der Waals surface area contributed by atoms with Crippen LogP contribution in [0.5, 0.6) is 5.75 Å². The Morgan fingerprint density at radius 1 is 0.815 bits per heavy atom. The SMILES string of the molecule is COc1ccc(C=Cc2cc(C(Cl)(Cl)Cl)c3cc(C(Cl)(Cl)Cl)[nH]c3c2)cc1. The Morgan fingerprint density at radius 2 is 1.44 bits per heavy atom. The Labute approximate surface area is 186 Å². The van der Waals surface area contributed by atoms with Gasteiger partial charge in [0.25, 0.3) is 0 Å². The van der Waals surface area contributed by atoms with Gasteiger partial charge in [0.2, 0.25) is 7.59 Å². The van der Waals surface area contributed by atoms with Gasteiger partial charge in [0, 0.05) is 16.5 Å². The highest BCUT2D eigenvalue weighted by Crippen LogP contribution is 2.45. The number of methoxy groups -OCH3 is 1. The molecular weight excluding hydrogens is 471 g/mol. The summed E-state index contributed by atoms with van der Waals surface area (Å²) in [5.74, 6) is 0.790. The van der Waals surface area contributed by atoms with Crippen LogP contribution >= 0.6 is 69.6 Å². The van der Waals surface area contributed by atoms with Gasteiger partial charge in [-0.1, -0.05) is 93.9 Å². The van der Waals surface area contributed by atoms with Crippen molar-refractivity contribution in [2.75, 3.05) is 7.11 Å². The number of rotatable bonds is 3. The first-order valence-corrected chi connectivity index (χ1v) is 9.98. The second-order valence-electron chi connectivity index (χ2n) is 5.81. The Morgan fingerprint density at radius 3 is 2.00 bits per heavy atom. The molecule has 0 aliphatic carbocycles. The lowest BCUT2D eigenvalue weighted by atomic mass is 10.1. The van der Waals surface area contributed by atoms with E-state index in [0.29, 0.717) is 22.2 Å². The molecule has 0 atom stereocenters. The third-order valence-corrected chi connectivity index (χ3v) is 5.18. The quantitative estimate of drug-likeness (QED) is 0.296. The van der Waals surface area contributed by atoms with Crippen LogP contribution < -0.4 is 4.74 Å². The zero-order valence-corrected chi connectivity index (χ0v) is 18.4. The van der Waals surface area contributed by atoms with Crippen LogP contribution in [-0.4, -0.2) is 12.1 Å². The van der Waals surface area contributed by atoms with E-state index in [1.807, 2.05) is 42.5 Å². The molecule has 1 aromatic heterocycles. The van der Waals surface area contributed by atoms with E-state index < -0.39 is 7.59 Å². The van der Waals surface area contributed by atoms with Crippen molar-refractivity contribution in [3.63, 3.8) is 0 Å². The highest BCUT2D eigenvalue weighted by Gasteiger charge is 2.30. The summed E-state index contributed by atoms with van der Waals surface area (Å²) in [7, 11) is 1.63. The van der Waals surface area contributed by atoms with Crippen LogP contribution in [0.4, 0.5) is 0 Å². The number of aromatic nitrogens is 1. The van der Waals surface area contributed by atoms with Crippen LogP contribution in [0.3, 0.4) is 0 Å². The fraction of sp³-hybridized carbons (Fsp3) is 0.158. The average molecular weight is 484 g/mol. The van der Waals surface area contributed by atoms with Gasteiger partial charge in [-0.3, -0.25) is 0 Å². The van der Waals surface area contributed by atoms with E-state index in [-0.39, 0.29) is 0 Å². The number of alkyl halides is 6. The maximum atomic E-state index is 6.16. The van der Waals surface area contributed by atoms with Gasteiger partial charge in [0.05, 0.1) is 12.8 Å². The van der Waals surface area contributed by atoms with E-state index in [2.05, 4.69) is 4.98 Å². The van der Waals surface area contributed by atoms with Crippen LogP contribution in [0.25, 0.3) is 23.1 Å². The van der Waals surface area contributed by atoms with Crippen LogP contribution in [0.15, 0.2) is 42.5 Å². The second kappa shape index (κ2) is 7.94. The van der Waals surface area contributed by atoms with E-state index in [9.17, 15) is 0 Å². The molecule has 0 amide bonds. The Balaban J connectivity index is 2.06. The molecule has 8 heteroatoms. The largest absolute Gasteiger partial charge is 0.497 e. The number of ether oxygens (including phenoxy) is 1. The molecule has 0 spiro atoms. The third kappa shape index (κ3) is 5.00. The van der Waals surface area contributed by atoms with E-state index in [1.165, 1.54) is 0 Å². The molecule has 1 heterocycles. The molecule has 0 radical (unpaired) electrons. The fourth-order valence-corrected chi connectivity index (χ4v) is 3.43. The van der Waals surface area contributed by atoms with Crippen molar-refractivity contribution in [3.05, 3.63) is 64.8 Å². The van der Waals surface area contributed by atoms with E-state index >= 15 is 0 Å². The Hall–Kier alpha value is -0.740. The Bertz CT molecular complexity index is 980. The summed E-state index contributed by atoms with van der Waals surface area (Å²) in [6, 6.07) is 13.0. The van der Waals surface area contributed by atoms with Gasteiger partial charge in [-0.15, -0.1) is 0 Å². The molecule has 27 heavy (non-hydrogen) atoms. The topological polar surface area (TPSA) is 25.0 Å². The smallest absolute Gasteiger partial charge is 0.230 e. The lowest BCUT2D eigenvalue weighted by molar-refractivity contribution is 0.415. The van der Waals surface area contributed by atoms with Crippen molar-refractivity contribution in [1.82, 2.24) is 4.98 Å². The molecule has 2 nitrogen and oxygen atoms in total.